The Morgan fingerprint density at radius 3 is 2.89 bits per heavy atom. The highest BCUT2D eigenvalue weighted by Crippen LogP contribution is 2.55. The van der Waals surface area contributed by atoms with Crippen LogP contribution in [0.25, 0.3) is 0 Å². The van der Waals surface area contributed by atoms with Crippen LogP contribution in [0.3, 0.4) is 0 Å². The first-order valence-corrected chi connectivity index (χ1v) is 7.14. The van der Waals surface area contributed by atoms with E-state index in [1.54, 1.807) is 12.7 Å². The van der Waals surface area contributed by atoms with Crippen molar-refractivity contribution in [2.75, 3.05) is 14.2 Å². The zero-order valence-electron chi connectivity index (χ0n) is 11.6. The fourth-order valence-electron chi connectivity index (χ4n) is 4.27. The maximum Gasteiger partial charge on any atom is 0.119 e. The van der Waals surface area contributed by atoms with Crippen molar-refractivity contribution in [2.24, 2.45) is 11.8 Å². The molecule has 2 aliphatic carbocycles. The highest BCUT2D eigenvalue weighted by molar-refractivity contribution is 5.42. The van der Waals surface area contributed by atoms with Crippen LogP contribution in [0.15, 0.2) is 18.2 Å². The average molecular weight is 245 g/mol. The standard InChI is InChI=1S/C16H23NO/c1-4-12-15-13-8-6-11(18-3)9-10(13)5-7-14(15)16(12)17-2/h6,8-9,12,14-17H,4-5,7H2,1-3H3. The number of hydrogen-bond acceptors (Lipinski definition) is 2. The van der Waals surface area contributed by atoms with E-state index in [1.807, 2.05) is 0 Å². The lowest BCUT2D eigenvalue weighted by Gasteiger charge is -2.55. The number of rotatable bonds is 3. The van der Waals surface area contributed by atoms with Gasteiger partial charge in [0.1, 0.15) is 5.75 Å². The number of fused-ring (bicyclic) bond motifs is 3. The van der Waals surface area contributed by atoms with E-state index in [2.05, 4.69) is 37.5 Å². The Balaban J connectivity index is 1.93. The fourth-order valence-corrected chi connectivity index (χ4v) is 4.27. The van der Waals surface area contributed by atoms with Gasteiger partial charge in [-0.1, -0.05) is 19.4 Å². The molecule has 0 heterocycles. The second-order valence-electron chi connectivity index (χ2n) is 5.68. The summed E-state index contributed by atoms with van der Waals surface area (Å²) >= 11 is 0. The number of nitrogens with one attached hydrogen (secondary N) is 1. The molecule has 0 bridgehead atoms. The summed E-state index contributed by atoms with van der Waals surface area (Å²) in [5.41, 5.74) is 3.11. The molecule has 0 spiro atoms. The monoisotopic (exact) mass is 245 g/mol. The molecular formula is C16H23NO. The van der Waals surface area contributed by atoms with Gasteiger partial charge in [0.2, 0.25) is 0 Å². The van der Waals surface area contributed by atoms with Crippen LogP contribution >= 0.6 is 0 Å². The molecule has 1 aromatic rings. The van der Waals surface area contributed by atoms with Gasteiger partial charge < -0.3 is 10.1 Å². The molecule has 1 saturated carbocycles. The molecule has 0 amide bonds. The van der Waals surface area contributed by atoms with Gasteiger partial charge in [0.25, 0.3) is 0 Å². The van der Waals surface area contributed by atoms with Crippen molar-refractivity contribution in [3.63, 3.8) is 0 Å². The van der Waals surface area contributed by atoms with E-state index in [4.69, 9.17) is 4.74 Å². The molecule has 18 heavy (non-hydrogen) atoms. The fraction of sp³-hybridized carbons (Fsp3) is 0.625. The summed E-state index contributed by atoms with van der Waals surface area (Å²) in [5.74, 6) is 3.44. The zero-order valence-corrected chi connectivity index (χ0v) is 11.6. The molecule has 2 aliphatic rings. The summed E-state index contributed by atoms with van der Waals surface area (Å²) in [6.45, 7) is 2.32. The average Bonchev–Trinajstić information content (AvgIpc) is 2.39. The van der Waals surface area contributed by atoms with Gasteiger partial charge in [-0.15, -0.1) is 0 Å². The highest BCUT2D eigenvalue weighted by Gasteiger charge is 2.50. The van der Waals surface area contributed by atoms with Gasteiger partial charge in [0, 0.05) is 6.04 Å². The van der Waals surface area contributed by atoms with E-state index in [0.29, 0.717) is 0 Å². The number of ether oxygens (including phenoxy) is 1. The Hall–Kier alpha value is -1.02. The molecule has 98 valence electrons. The first kappa shape index (κ1) is 12.0. The summed E-state index contributed by atoms with van der Waals surface area (Å²) < 4.78 is 5.34. The molecule has 3 rings (SSSR count). The van der Waals surface area contributed by atoms with Crippen LogP contribution < -0.4 is 10.1 Å². The number of aryl methyl sites for hydroxylation is 1. The third-order valence-corrected chi connectivity index (χ3v) is 5.11. The molecule has 2 nitrogen and oxygen atoms in total. The van der Waals surface area contributed by atoms with Crippen LogP contribution in [-0.2, 0) is 6.42 Å². The van der Waals surface area contributed by atoms with Crippen molar-refractivity contribution in [1.29, 1.82) is 0 Å². The number of methoxy groups -OCH3 is 1. The minimum atomic E-state index is 0.732. The second-order valence-corrected chi connectivity index (χ2v) is 5.68. The van der Waals surface area contributed by atoms with Crippen LogP contribution in [0.1, 0.15) is 36.8 Å². The molecule has 0 saturated heterocycles. The predicted octanol–water partition coefficient (Wildman–Crippen LogP) is 2.97. The van der Waals surface area contributed by atoms with Gasteiger partial charge in [0.15, 0.2) is 0 Å². The van der Waals surface area contributed by atoms with Crippen molar-refractivity contribution in [3.8, 4) is 5.75 Å². The van der Waals surface area contributed by atoms with E-state index in [1.165, 1.54) is 24.8 Å². The van der Waals surface area contributed by atoms with E-state index >= 15 is 0 Å². The number of benzene rings is 1. The third-order valence-electron chi connectivity index (χ3n) is 5.11. The molecular weight excluding hydrogens is 222 g/mol. The zero-order chi connectivity index (χ0) is 12.7. The lowest BCUT2D eigenvalue weighted by molar-refractivity contribution is 0.0556. The Morgan fingerprint density at radius 1 is 1.39 bits per heavy atom. The predicted molar refractivity (Wildman–Crippen MR) is 74.2 cm³/mol. The van der Waals surface area contributed by atoms with Crippen LogP contribution in [0.4, 0.5) is 0 Å². The van der Waals surface area contributed by atoms with Gasteiger partial charge in [-0.05, 0) is 60.9 Å². The lowest BCUT2D eigenvalue weighted by Crippen LogP contribution is -2.57. The summed E-state index contributed by atoms with van der Waals surface area (Å²) in [5, 5.41) is 3.53. The van der Waals surface area contributed by atoms with Gasteiger partial charge in [-0.3, -0.25) is 0 Å². The summed E-state index contributed by atoms with van der Waals surface area (Å²) in [4.78, 5) is 0. The summed E-state index contributed by atoms with van der Waals surface area (Å²) in [6, 6.07) is 7.40. The summed E-state index contributed by atoms with van der Waals surface area (Å²) in [7, 11) is 3.87. The molecule has 0 aromatic heterocycles. The van der Waals surface area contributed by atoms with Gasteiger partial charge in [-0.2, -0.15) is 0 Å². The summed E-state index contributed by atoms with van der Waals surface area (Å²) in [6.07, 6.45) is 3.81. The minimum absolute atomic E-state index is 0.732. The topological polar surface area (TPSA) is 21.3 Å². The second kappa shape index (κ2) is 4.58. The molecule has 0 aliphatic heterocycles. The normalized spacial score (nSPS) is 33.3. The van der Waals surface area contributed by atoms with Crippen LogP contribution in [0.5, 0.6) is 5.75 Å². The van der Waals surface area contributed by atoms with E-state index in [-0.39, 0.29) is 0 Å². The molecule has 4 unspecified atom stereocenters. The minimum Gasteiger partial charge on any atom is -0.497 e. The maximum absolute atomic E-state index is 5.34. The molecule has 0 radical (unpaired) electrons. The maximum atomic E-state index is 5.34. The van der Waals surface area contributed by atoms with E-state index in [0.717, 1.165) is 29.5 Å². The quantitative estimate of drug-likeness (QED) is 0.884. The molecule has 2 heteroatoms. The Kier molecular flexibility index (Phi) is 3.06. The Morgan fingerprint density at radius 2 is 2.22 bits per heavy atom. The molecule has 1 N–H and O–H groups in total. The Bertz CT molecular complexity index is 443. The van der Waals surface area contributed by atoms with Gasteiger partial charge >= 0.3 is 0 Å². The van der Waals surface area contributed by atoms with E-state index in [9.17, 15) is 0 Å². The first-order valence-electron chi connectivity index (χ1n) is 7.14. The van der Waals surface area contributed by atoms with Crippen molar-refractivity contribution in [1.82, 2.24) is 5.32 Å². The van der Waals surface area contributed by atoms with Crippen molar-refractivity contribution in [3.05, 3.63) is 29.3 Å². The third kappa shape index (κ3) is 1.58. The van der Waals surface area contributed by atoms with E-state index < -0.39 is 0 Å². The molecule has 1 fully saturated rings. The largest absolute Gasteiger partial charge is 0.497 e. The van der Waals surface area contributed by atoms with Crippen LogP contribution in [0.2, 0.25) is 0 Å². The Labute approximate surface area is 110 Å². The lowest BCUT2D eigenvalue weighted by atomic mass is 9.53. The molecule has 1 aromatic carbocycles. The first-order chi connectivity index (χ1) is 8.80. The molecule has 4 atom stereocenters. The van der Waals surface area contributed by atoms with Gasteiger partial charge in [-0.25, -0.2) is 0 Å². The van der Waals surface area contributed by atoms with Crippen molar-refractivity contribution >= 4 is 0 Å². The van der Waals surface area contributed by atoms with Crippen molar-refractivity contribution in [2.45, 2.75) is 38.1 Å². The van der Waals surface area contributed by atoms with Gasteiger partial charge in [0.05, 0.1) is 7.11 Å². The highest BCUT2D eigenvalue weighted by atomic mass is 16.5. The SMILES string of the molecule is CCC1C(NC)C2CCc3cc(OC)ccc3C12. The smallest absolute Gasteiger partial charge is 0.119 e. The van der Waals surface area contributed by atoms with Crippen molar-refractivity contribution < 1.29 is 4.74 Å². The number of hydrogen-bond donors (Lipinski definition) is 1. The van der Waals surface area contributed by atoms with Crippen LogP contribution in [0, 0.1) is 11.8 Å². The van der Waals surface area contributed by atoms with Crippen LogP contribution in [-0.4, -0.2) is 20.2 Å².